The molecule has 0 aliphatic rings. The van der Waals surface area contributed by atoms with Gasteiger partial charge in [-0.2, -0.15) is 0 Å². The van der Waals surface area contributed by atoms with E-state index in [1.807, 2.05) is 0 Å². The monoisotopic (exact) mass is 299 g/mol. The predicted molar refractivity (Wildman–Crippen MR) is 76.0 cm³/mol. The van der Waals surface area contributed by atoms with Crippen molar-refractivity contribution in [2.75, 3.05) is 7.11 Å². The number of methoxy groups -OCH3 is 1. The van der Waals surface area contributed by atoms with E-state index in [2.05, 4.69) is 5.32 Å². The summed E-state index contributed by atoms with van der Waals surface area (Å²) in [5.41, 5.74) is 0.502. The Morgan fingerprint density at radius 2 is 1.90 bits per heavy atom. The van der Waals surface area contributed by atoms with Crippen molar-refractivity contribution in [3.8, 4) is 5.75 Å². The minimum atomic E-state index is -1.09. The van der Waals surface area contributed by atoms with Crippen LogP contribution in [0.3, 0.4) is 0 Å². The number of carboxylic acids is 1. The first kappa shape index (κ1) is 16.3. The number of aliphatic carboxylic acids is 1. The van der Waals surface area contributed by atoms with Crippen molar-refractivity contribution in [2.24, 2.45) is 5.92 Å². The lowest BCUT2D eigenvalue weighted by Gasteiger charge is -2.20. The van der Waals surface area contributed by atoms with Crippen LogP contribution >= 0.6 is 11.6 Å². The molecule has 1 amide bonds. The third-order valence-corrected chi connectivity index (χ3v) is 3.31. The first-order chi connectivity index (χ1) is 9.38. The van der Waals surface area contributed by atoms with Gasteiger partial charge in [0.1, 0.15) is 17.2 Å². The Morgan fingerprint density at radius 3 is 2.40 bits per heavy atom. The Bertz CT molecular complexity index is 490. The Labute approximate surface area is 122 Å². The first-order valence-electron chi connectivity index (χ1n) is 6.18. The number of ether oxygens (including phenoxy) is 1. The van der Waals surface area contributed by atoms with Crippen LogP contribution in [0.25, 0.3) is 0 Å². The maximum absolute atomic E-state index is 12.1. The number of carboxylic acid groups (broad SMARTS) is 1. The van der Waals surface area contributed by atoms with E-state index >= 15 is 0 Å². The van der Waals surface area contributed by atoms with Crippen LogP contribution in [0.15, 0.2) is 24.3 Å². The summed E-state index contributed by atoms with van der Waals surface area (Å²) in [6.07, 6.45) is 0. The van der Waals surface area contributed by atoms with Crippen molar-refractivity contribution < 1.29 is 19.4 Å². The van der Waals surface area contributed by atoms with Gasteiger partial charge in [0.05, 0.1) is 7.11 Å². The van der Waals surface area contributed by atoms with Gasteiger partial charge in [0, 0.05) is 5.56 Å². The Balaban J connectivity index is 2.89. The molecule has 0 aromatic heterocycles. The smallest absolute Gasteiger partial charge is 0.326 e. The fourth-order valence-electron chi connectivity index (χ4n) is 1.76. The molecule has 0 aliphatic heterocycles. The molecule has 0 aliphatic carbocycles. The topological polar surface area (TPSA) is 75.6 Å². The SMILES string of the molecule is COc1ccccc1C(Cl)C(=O)NC(C(=O)O)C(C)C. The molecule has 5 nitrogen and oxygen atoms in total. The number of nitrogens with one attached hydrogen (secondary N) is 1. The van der Waals surface area contributed by atoms with E-state index in [-0.39, 0.29) is 5.92 Å². The molecule has 0 fully saturated rings. The molecule has 0 saturated heterocycles. The third-order valence-electron chi connectivity index (χ3n) is 2.87. The number of hydrogen-bond donors (Lipinski definition) is 2. The minimum absolute atomic E-state index is 0.238. The number of amides is 1. The quantitative estimate of drug-likeness (QED) is 0.790. The number of carbonyl (C=O) groups is 2. The molecule has 2 unspecified atom stereocenters. The van der Waals surface area contributed by atoms with Gasteiger partial charge in [-0.15, -0.1) is 11.6 Å². The molecule has 0 bridgehead atoms. The van der Waals surface area contributed by atoms with E-state index in [1.165, 1.54) is 7.11 Å². The highest BCUT2D eigenvalue weighted by Crippen LogP contribution is 2.29. The lowest BCUT2D eigenvalue weighted by atomic mass is 10.0. The van der Waals surface area contributed by atoms with Gasteiger partial charge in [0.2, 0.25) is 5.91 Å². The average molecular weight is 300 g/mol. The zero-order valence-electron chi connectivity index (χ0n) is 11.6. The fourth-order valence-corrected chi connectivity index (χ4v) is 2.00. The summed E-state index contributed by atoms with van der Waals surface area (Å²) in [4.78, 5) is 23.1. The molecule has 0 saturated carbocycles. The highest BCUT2D eigenvalue weighted by atomic mass is 35.5. The van der Waals surface area contributed by atoms with E-state index in [0.29, 0.717) is 11.3 Å². The van der Waals surface area contributed by atoms with Crippen molar-refractivity contribution in [1.29, 1.82) is 0 Å². The van der Waals surface area contributed by atoms with Crippen molar-refractivity contribution in [3.05, 3.63) is 29.8 Å². The molecular formula is C14H18ClNO4. The van der Waals surface area contributed by atoms with Crippen molar-refractivity contribution in [3.63, 3.8) is 0 Å². The zero-order chi connectivity index (χ0) is 15.3. The molecule has 0 spiro atoms. The fraction of sp³-hybridized carbons (Fsp3) is 0.429. The highest BCUT2D eigenvalue weighted by molar-refractivity contribution is 6.31. The number of halogens is 1. The lowest BCUT2D eigenvalue weighted by molar-refractivity contribution is -0.143. The molecule has 0 heterocycles. The summed E-state index contributed by atoms with van der Waals surface area (Å²) in [6, 6.07) is 5.88. The van der Waals surface area contributed by atoms with Gasteiger partial charge in [0.25, 0.3) is 0 Å². The highest BCUT2D eigenvalue weighted by Gasteiger charge is 2.28. The normalized spacial score (nSPS) is 13.7. The lowest BCUT2D eigenvalue weighted by Crippen LogP contribution is -2.45. The van der Waals surface area contributed by atoms with Crippen LogP contribution in [0.4, 0.5) is 0 Å². The van der Waals surface area contributed by atoms with Gasteiger partial charge < -0.3 is 15.2 Å². The number of hydrogen-bond acceptors (Lipinski definition) is 3. The molecule has 2 N–H and O–H groups in total. The molecule has 6 heteroatoms. The second-order valence-corrected chi connectivity index (χ2v) is 5.11. The summed E-state index contributed by atoms with van der Waals surface area (Å²) in [7, 11) is 1.48. The van der Waals surface area contributed by atoms with Gasteiger partial charge >= 0.3 is 5.97 Å². The van der Waals surface area contributed by atoms with Crippen molar-refractivity contribution in [1.82, 2.24) is 5.32 Å². The summed E-state index contributed by atoms with van der Waals surface area (Å²) in [5.74, 6) is -1.40. The molecule has 1 rings (SSSR count). The van der Waals surface area contributed by atoms with Gasteiger partial charge in [-0.3, -0.25) is 4.79 Å². The van der Waals surface area contributed by atoms with Gasteiger partial charge in [-0.1, -0.05) is 32.0 Å². The maximum atomic E-state index is 12.1. The maximum Gasteiger partial charge on any atom is 0.326 e. The van der Waals surface area contributed by atoms with E-state index < -0.39 is 23.3 Å². The minimum Gasteiger partial charge on any atom is -0.496 e. The molecule has 1 aromatic rings. The van der Waals surface area contributed by atoms with Gasteiger partial charge in [-0.25, -0.2) is 4.79 Å². The van der Waals surface area contributed by atoms with Crippen LogP contribution in [0, 0.1) is 5.92 Å². The van der Waals surface area contributed by atoms with Crippen molar-refractivity contribution >= 4 is 23.5 Å². The Hall–Kier alpha value is -1.75. The molecule has 110 valence electrons. The van der Waals surface area contributed by atoms with E-state index in [0.717, 1.165) is 0 Å². The number of alkyl halides is 1. The summed E-state index contributed by atoms with van der Waals surface area (Å²) >= 11 is 6.11. The zero-order valence-corrected chi connectivity index (χ0v) is 12.3. The van der Waals surface area contributed by atoms with Crippen LogP contribution in [-0.2, 0) is 9.59 Å². The van der Waals surface area contributed by atoms with Crippen LogP contribution < -0.4 is 10.1 Å². The van der Waals surface area contributed by atoms with E-state index in [4.69, 9.17) is 21.4 Å². The third kappa shape index (κ3) is 3.87. The summed E-state index contributed by atoms with van der Waals surface area (Å²) < 4.78 is 5.14. The van der Waals surface area contributed by atoms with Crippen LogP contribution in [0.2, 0.25) is 0 Å². The van der Waals surface area contributed by atoms with Gasteiger partial charge in [-0.05, 0) is 12.0 Å². The largest absolute Gasteiger partial charge is 0.496 e. The number of benzene rings is 1. The summed E-state index contributed by atoms with van der Waals surface area (Å²) in [5, 5.41) is 10.5. The van der Waals surface area contributed by atoms with E-state index in [9.17, 15) is 9.59 Å². The van der Waals surface area contributed by atoms with Gasteiger partial charge in [0.15, 0.2) is 0 Å². The number of rotatable bonds is 6. The van der Waals surface area contributed by atoms with E-state index in [1.54, 1.807) is 38.1 Å². The number of para-hydroxylation sites is 1. The average Bonchev–Trinajstić information content (AvgIpc) is 2.42. The Kier molecular flexibility index (Phi) is 5.82. The second-order valence-electron chi connectivity index (χ2n) is 4.67. The molecule has 20 heavy (non-hydrogen) atoms. The first-order valence-corrected chi connectivity index (χ1v) is 6.62. The van der Waals surface area contributed by atoms with Crippen molar-refractivity contribution in [2.45, 2.75) is 25.3 Å². The standard InChI is InChI=1S/C14H18ClNO4/c1-8(2)12(14(18)19)16-13(17)11(15)9-6-4-5-7-10(9)20-3/h4-8,11-12H,1-3H3,(H,16,17)(H,18,19). The van der Waals surface area contributed by atoms with Crippen LogP contribution in [0.5, 0.6) is 5.75 Å². The molecule has 0 radical (unpaired) electrons. The summed E-state index contributed by atoms with van der Waals surface area (Å²) in [6.45, 7) is 3.43. The predicted octanol–water partition coefficient (Wildman–Crippen LogP) is 2.20. The van der Waals surface area contributed by atoms with Crippen LogP contribution in [0.1, 0.15) is 24.8 Å². The molecule has 2 atom stereocenters. The second kappa shape index (κ2) is 7.14. The van der Waals surface area contributed by atoms with Crippen LogP contribution in [-0.4, -0.2) is 30.1 Å². The molecular weight excluding hydrogens is 282 g/mol. The Morgan fingerprint density at radius 1 is 1.30 bits per heavy atom. The molecule has 1 aromatic carbocycles. The number of carbonyl (C=O) groups excluding carboxylic acids is 1.